The van der Waals surface area contributed by atoms with Crippen molar-refractivity contribution in [1.82, 2.24) is 14.9 Å². The molecule has 0 atom stereocenters. The van der Waals surface area contributed by atoms with E-state index in [1.807, 2.05) is 71.3 Å². The smallest absolute Gasteiger partial charge is 0.239 e. The maximum absolute atomic E-state index is 12.8. The molecule has 0 spiro atoms. The van der Waals surface area contributed by atoms with E-state index in [0.29, 0.717) is 30.3 Å². The minimum Gasteiger partial charge on any atom is -0.491 e. The van der Waals surface area contributed by atoms with Gasteiger partial charge in [0, 0.05) is 28.9 Å². The quantitative estimate of drug-likeness (QED) is 0.305. The number of carbonyl (C=O) groups is 1. The lowest BCUT2D eigenvalue weighted by molar-refractivity contribution is -0.121. The number of hydrogen-bond donors (Lipinski definition) is 1. The van der Waals surface area contributed by atoms with Crippen molar-refractivity contribution in [3.63, 3.8) is 0 Å². The summed E-state index contributed by atoms with van der Waals surface area (Å²) in [6.07, 6.45) is 2.42. The van der Waals surface area contributed by atoms with Gasteiger partial charge in [-0.3, -0.25) is 14.6 Å². The lowest BCUT2D eigenvalue weighted by Crippen LogP contribution is -2.30. The summed E-state index contributed by atoms with van der Waals surface area (Å²) in [4.78, 5) is 30.0. The van der Waals surface area contributed by atoms with Crippen molar-refractivity contribution in [3.8, 4) is 5.75 Å². The van der Waals surface area contributed by atoms with Crippen LogP contribution in [0.3, 0.4) is 0 Å². The van der Waals surface area contributed by atoms with Crippen LogP contribution in [0.1, 0.15) is 6.42 Å². The maximum Gasteiger partial charge on any atom is 0.239 e. The van der Waals surface area contributed by atoms with Crippen LogP contribution >= 0.6 is 0 Å². The average molecular weight is 437 g/mol. The molecular weight excluding hydrogens is 414 g/mol. The Morgan fingerprint density at radius 3 is 2.33 bits per heavy atom. The van der Waals surface area contributed by atoms with Gasteiger partial charge in [-0.1, -0.05) is 42.5 Å². The van der Waals surface area contributed by atoms with Crippen LogP contribution in [-0.4, -0.2) is 28.6 Å². The van der Waals surface area contributed by atoms with E-state index in [2.05, 4.69) is 10.3 Å². The molecule has 0 saturated heterocycles. The molecule has 0 unspecified atom stereocenters. The Morgan fingerprint density at radius 2 is 1.58 bits per heavy atom. The zero-order chi connectivity index (χ0) is 22.6. The zero-order valence-corrected chi connectivity index (χ0v) is 18.0. The number of para-hydroxylation sites is 3. The van der Waals surface area contributed by atoms with Crippen molar-refractivity contribution in [2.24, 2.45) is 0 Å². The molecule has 0 saturated carbocycles. The predicted octanol–water partition coefficient (Wildman–Crippen LogP) is 4.29. The number of fused-ring (bicyclic) bond motifs is 3. The number of rotatable bonds is 7. The highest BCUT2D eigenvalue weighted by Crippen LogP contribution is 2.23. The van der Waals surface area contributed by atoms with Gasteiger partial charge in [-0.2, -0.15) is 0 Å². The number of nitrogens with zero attached hydrogens (tertiary/aromatic N) is 2. The number of pyridine rings is 2. The number of nitrogens with one attached hydrogen (secondary N) is 1. The number of carbonyl (C=O) groups excluding carboxylic acids is 1. The number of aromatic nitrogens is 2. The van der Waals surface area contributed by atoms with Crippen LogP contribution in [0, 0.1) is 0 Å². The molecule has 5 rings (SSSR count). The van der Waals surface area contributed by atoms with E-state index in [1.165, 1.54) is 0 Å². The Hall–Kier alpha value is -4.19. The summed E-state index contributed by atoms with van der Waals surface area (Å²) in [5.41, 5.74) is 2.32. The molecule has 3 aromatic carbocycles. The van der Waals surface area contributed by atoms with Crippen LogP contribution in [0.2, 0.25) is 0 Å². The third kappa shape index (κ3) is 4.15. The number of benzene rings is 3. The molecule has 0 aliphatic carbocycles. The number of amides is 1. The first-order valence-corrected chi connectivity index (χ1v) is 11.0. The van der Waals surface area contributed by atoms with Gasteiger partial charge >= 0.3 is 0 Å². The molecule has 6 heteroatoms. The van der Waals surface area contributed by atoms with E-state index in [4.69, 9.17) is 4.74 Å². The molecule has 1 N–H and O–H groups in total. The summed E-state index contributed by atoms with van der Waals surface area (Å²) in [6, 6.07) is 24.6. The van der Waals surface area contributed by atoms with Gasteiger partial charge in [0.25, 0.3) is 0 Å². The molecule has 33 heavy (non-hydrogen) atoms. The molecule has 2 heterocycles. The van der Waals surface area contributed by atoms with E-state index in [9.17, 15) is 9.59 Å². The average Bonchev–Trinajstić information content (AvgIpc) is 2.86. The summed E-state index contributed by atoms with van der Waals surface area (Å²) >= 11 is 0. The highest BCUT2D eigenvalue weighted by Gasteiger charge is 2.12. The van der Waals surface area contributed by atoms with E-state index in [0.717, 1.165) is 27.7 Å². The van der Waals surface area contributed by atoms with E-state index < -0.39 is 0 Å². The summed E-state index contributed by atoms with van der Waals surface area (Å²) in [6.45, 7) is 1.10. The van der Waals surface area contributed by atoms with Crippen molar-refractivity contribution in [1.29, 1.82) is 0 Å². The molecule has 6 nitrogen and oxygen atoms in total. The summed E-state index contributed by atoms with van der Waals surface area (Å²) < 4.78 is 7.80. The predicted molar refractivity (Wildman–Crippen MR) is 131 cm³/mol. The SMILES string of the molecule is O=C(Cn1c2ccccc2c(=O)c2ccccc21)NCCCOc1cccc2cccnc12. The lowest BCUT2D eigenvalue weighted by atomic mass is 10.1. The lowest BCUT2D eigenvalue weighted by Gasteiger charge is -2.15. The number of hydrogen-bond acceptors (Lipinski definition) is 4. The van der Waals surface area contributed by atoms with Crippen molar-refractivity contribution < 1.29 is 9.53 Å². The molecule has 0 fully saturated rings. The van der Waals surface area contributed by atoms with Crippen molar-refractivity contribution >= 4 is 38.6 Å². The maximum atomic E-state index is 12.8. The minimum atomic E-state index is -0.110. The van der Waals surface area contributed by atoms with Gasteiger partial charge in [0.15, 0.2) is 5.43 Å². The Balaban J connectivity index is 1.24. The van der Waals surface area contributed by atoms with E-state index in [1.54, 1.807) is 18.3 Å². The second kappa shape index (κ2) is 9.12. The molecular formula is C27H23N3O3. The van der Waals surface area contributed by atoms with Crippen LogP contribution in [0.15, 0.2) is 89.9 Å². The van der Waals surface area contributed by atoms with Crippen LogP contribution in [0.4, 0.5) is 0 Å². The fraction of sp³-hybridized carbons (Fsp3) is 0.148. The fourth-order valence-electron chi connectivity index (χ4n) is 4.12. The van der Waals surface area contributed by atoms with Gasteiger partial charge in [0.05, 0.1) is 17.6 Å². The Labute approximate surface area is 190 Å². The third-order valence-corrected chi connectivity index (χ3v) is 5.68. The molecule has 164 valence electrons. The third-order valence-electron chi connectivity index (χ3n) is 5.68. The van der Waals surface area contributed by atoms with Crippen molar-refractivity contribution in [2.75, 3.05) is 13.2 Å². The molecule has 2 aromatic heterocycles. The second-order valence-corrected chi connectivity index (χ2v) is 7.83. The molecule has 1 amide bonds. The van der Waals surface area contributed by atoms with Crippen LogP contribution in [-0.2, 0) is 11.3 Å². The molecule has 0 radical (unpaired) electrons. The Bertz CT molecular complexity index is 1460. The van der Waals surface area contributed by atoms with Gasteiger partial charge in [-0.25, -0.2) is 0 Å². The highest BCUT2D eigenvalue weighted by molar-refractivity contribution is 5.94. The molecule has 5 aromatic rings. The van der Waals surface area contributed by atoms with E-state index >= 15 is 0 Å². The number of ether oxygens (including phenoxy) is 1. The Morgan fingerprint density at radius 1 is 0.879 bits per heavy atom. The molecule has 0 bridgehead atoms. The first kappa shape index (κ1) is 20.7. The normalized spacial score (nSPS) is 11.2. The standard InChI is InChI=1S/C27H23N3O3/c31-25(28-16-7-17-33-24-14-5-8-19-9-6-15-29-26(19)24)18-30-22-12-3-1-10-20(22)27(32)21-11-2-4-13-23(21)30/h1-6,8-15H,7,16-18H2,(H,28,31). The van der Waals surface area contributed by atoms with Crippen molar-refractivity contribution in [3.05, 3.63) is 95.3 Å². The highest BCUT2D eigenvalue weighted by atomic mass is 16.5. The minimum absolute atomic E-state index is 0.0158. The first-order valence-electron chi connectivity index (χ1n) is 11.0. The molecule has 0 aliphatic rings. The van der Waals surface area contributed by atoms with Gasteiger partial charge in [-0.05, 0) is 42.8 Å². The van der Waals surface area contributed by atoms with Gasteiger partial charge in [-0.15, -0.1) is 0 Å². The summed E-state index contributed by atoms with van der Waals surface area (Å²) in [5, 5.41) is 5.22. The van der Waals surface area contributed by atoms with E-state index in [-0.39, 0.29) is 17.9 Å². The van der Waals surface area contributed by atoms with Crippen LogP contribution < -0.4 is 15.5 Å². The Kier molecular flexibility index (Phi) is 5.72. The van der Waals surface area contributed by atoms with Crippen molar-refractivity contribution in [2.45, 2.75) is 13.0 Å². The second-order valence-electron chi connectivity index (χ2n) is 7.83. The summed E-state index contributed by atoms with van der Waals surface area (Å²) in [5.74, 6) is 0.631. The monoisotopic (exact) mass is 437 g/mol. The van der Waals surface area contributed by atoms with Gasteiger partial charge in [0.1, 0.15) is 17.8 Å². The van der Waals surface area contributed by atoms with Crippen LogP contribution in [0.5, 0.6) is 5.75 Å². The van der Waals surface area contributed by atoms with Gasteiger partial charge < -0.3 is 14.6 Å². The largest absolute Gasteiger partial charge is 0.491 e. The van der Waals surface area contributed by atoms with Gasteiger partial charge in [0.2, 0.25) is 5.91 Å². The summed E-state index contributed by atoms with van der Waals surface area (Å²) in [7, 11) is 0. The topological polar surface area (TPSA) is 73.2 Å². The zero-order valence-electron chi connectivity index (χ0n) is 18.0. The molecule has 0 aliphatic heterocycles. The fourth-order valence-corrected chi connectivity index (χ4v) is 4.12. The first-order chi connectivity index (χ1) is 16.2. The van der Waals surface area contributed by atoms with Crippen LogP contribution in [0.25, 0.3) is 32.7 Å².